The number of nitrogens with zero attached hydrogens (tertiary/aromatic N) is 4. The maximum absolute atomic E-state index is 5.47. The third-order valence-corrected chi connectivity index (χ3v) is 4.58. The number of nitrogens with one attached hydrogen (secondary N) is 1. The first-order valence-corrected chi connectivity index (χ1v) is 9.43. The van der Waals surface area contributed by atoms with Crippen LogP contribution < -0.4 is 10.1 Å². The van der Waals surface area contributed by atoms with E-state index < -0.39 is 0 Å². The van der Waals surface area contributed by atoms with Gasteiger partial charge in [0.1, 0.15) is 5.75 Å². The van der Waals surface area contributed by atoms with Crippen LogP contribution in [-0.4, -0.2) is 48.4 Å². The summed E-state index contributed by atoms with van der Waals surface area (Å²) in [6.07, 6.45) is 2.97. The van der Waals surface area contributed by atoms with Crippen LogP contribution in [-0.2, 0) is 20.0 Å². The molecule has 2 aromatic rings. The molecule has 0 aliphatic heterocycles. The van der Waals surface area contributed by atoms with Gasteiger partial charge in [-0.05, 0) is 30.9 Å². The number of ether oxygens (including phenoxy) is 1. The third-order valence-electron chi connectivity index (χ3n) is 4.58. The van der Waals surface area contributed by atoms with Gasteiger partial charge >= 0.3 is 0 Å². The molecule has 0 radical (unpaired) electrons. The molecule has 1 heterocycles. The lowest BCUT2D eigenvalue weighted by atomic mass is 10.1. The predicted octanol–water partition coefficient (Wildman–Crippen LogP) is 3.11. The van der Waals surface area contributed by atoms with Crippen LogP contribution in [0.15, 0.2) is 29.4 Å². The highest BCUT2D eigenvalue weighted by Gasteiger charge is 2.15. The van der Waals surface area contributed by atoms with Crippen molar-refractivity contribution in [2.24, 2.45) is 12.0 Å². The zero-order valence-electron chi connectivity index (χ0n) is 17.7. The van der Waals surface area contributed by atoms with E-state index in [0.717, 1.165) is 36.9 Å². The molecule has 27 heavy (non-hydrogen) atoms. The number of rotatable bonds is 7. The van der Waals surface area contributed by atoms with Crippen molar-refractivity contribution in [1.82, 2.24) is 20.0 Å². The molecule has 0 unspecified atom stereocenters. The lowest BCUT2D eigenvalue weighted by Crippen LogP contribution is -2.39. The molecule has 0 fully saturated rings. The summed E-state index contributed by atoms with van der Waals surface area (Å²) in [6.45, 7) is 8.02. The summed E-state index contributed by atoms with van der Waals surface area (Å²) < 4.78 is 7.36. The Kier molecular flexibility index (Phi) is 7.28. The molecule has 148 valence electrons. The predicted molar refractivity (Wildman–Crippen MR) is 112 cm³/mol. The fourth-order valence-electron chi connectivity index (χ4n) is 3.29. The van der Waals surface area contributed by atoms with Crippen LogP contribution in [0.4, 0.5) is 0 Å². The van der Waals surface area contributed by atoms with Gasteiger partial charge in [0, 0.05) is 46.0 Å². The van der Waals surface area contributed by atoms with E-state index in [4.69, 9.17) is 4.74 Å². The zero-order chi connectivity index (χ0) is 20.0. The molecule has 6 heteroatoms. The summed E-state index contributed by atoms with van der Waals surface area (Å²) >= 11 is 0. The summed E-state index contributed by atoms with van der Waals surface area (Å²) in [7, 11) is 7.56. The number of aromatic nitrogens is 2. The molecule has 0 aliphatic rings. The molecule has 0 aliphatic carbocycles. The van der Waals surface area contributed by atoms with Crippen LogP contribution in [0.25, 0.3) is 0 Å². The Morgan fingerprint density at radius 1 is 1.33 bits per heavy atom. The summed E-state index contributed by atoms with van der Waals surface area (Å²) in [5, 5.41) is 8.05. The van der Waals surface area contributed by atoms with Crippen molar-refractivity contribution >= 4 is 5.96 Å². The number of hydrogen-bond acceptors (Lipinski definition) is 3. The molecule has 0 atom stereocenters. The van der Waals surface area contributed by atoms with E-state index in [2.05, 4.69) is 66.5 Å². The minimum absolute atomic E-state index is 0.401. The van der Waals surface area contributed by atoms with Gasteiger partial charge in [-0.1, -0.05) is 31.5 Å². The Bertz CT molecular complexity index is 779. The molecule has 0 saturated carbocycles. The number of benzene rings is 1. The molecular weight excluding hydrogens is 338 g/mol. The Balaban J connectivity index is 1.98. The normalized spacial score (nSPS) is 11.8. The highest BCUT2D eigenvalue weighted by molar-refractivity contribution is 5.79. The van der Waals surface area contributed by atoms with Gasteiger partial charge in [0.2, 0.25) is 0 Å². The molecule has 6 nitrogen and oxygen atoms in total. The maximum atomic E-state index is 5.47. The molecule has 2 rings (SSSR count). The summed E-state index contributed by atoms with van der Waals surface area (Å²) in [4.78, 5) is 6.57. The molecule has 0 amide bonds. The van der Waals surface area contributed by atoms with Crippen LogP contribution in [0.5, 0.6) is 5.75 Å². The molecule has 0 spiro atoms. The molecule has 1 aromatic carbocycles. The van der Waals surface area contributed by atoms with Crippen LogP contribution in [0.1, 0.15) is 42.1 Å². The number of aryl methyl sites for hydroxylation is 2. The SMILES string of the molecule is CN=C(NCCc1cc(C)ccc1OC)N(C)Cc1cn(C)nc1C(C)C. The van der Waals surface area contributed by atoms with E-state index in [1.807, 2.05) is 24.8 Å². The molecule has 1 aromatic heterocycles. The smallest absolute Gasteiger partial charge is 0.193 e. The Labute approximate surface area is 163 Å². The zero-order valence-corrected chi connectivity index (χ0v) is 17.7. The van der Waals surface area contributed by atoms with Crippen molar-refractivity contribution < 1.29 is 4.74 Å². The average molecular weight is 372 g/mol. The fraction of sp³-hybridized carbons (Fsp3) is 0.524. The largest absolute Gasteiger partial charge is 0.496 e. The summed E-state index contributed by atoms with van der Waals surface area (Å²) in [6, 6.07) is 6.28. The third kappa shape index (κ3) is 5.49. The topological polar surface area (TPSA) is 54.7 Å². The Hall–Kier alpha value is -2.50. The van der Waals surface area contributed by atoms with Gasteiger partial charge in [-0.15, -0.1) is 0 Å². The van der Waals surface area contributed by atoms with Crippen molar-refractivity contribution in [2.75, 3.05) is 27.7 Å². The first kappa shape index (κ1) is 20.8. The first-order valence-electron chi connectivity index (χ1n) is 9.43. The van der Waals surface area contributed by atoms with Crippen molar-refractivity contribution in [1.29, 1.82) is 0 Å². The molecular formula is C21H33N5O. The number of guanidine groups is 1. The fourth-order valence-corrected chi connectivity index (χ4v) is 3.29. The second kappa shape index (κ2) is 9.44. The van der Waals surface area contributed by atoms with Crippen molar-refractivity contribution in [2.45, 2.75) is 39.7 Å². The van der Waals surface area contributed by atoms with E-state index in [9.17, 15) is 0 Å². The van der Waals surface area contributed by atoms with Crippen LogP contribution in [0.2, 0.25) is 0 Å². The lowest BCUT2D eigenvalue weighted by molar-refractivity contribution is 0.409. The monoisotopic (exact) mass is 371 g/mol. The van der Waals surface area contributed by atoms with Crippen molar-refractivity contribution in [3.8, 4) is 5.75 Å². The van der Waals surface area contributed by atoms with Crippen LogP contribution >= 0.6 is 0 Å². The van der Waals surface area contributed by atoms with E-state index >= 15 is 0 Å². The van der Waals surface area contributed by atoms with Gasteiger partial charge < -0.3 is 15.0 Å². The van der Waals surface area contributed by atoms with Crippen molar-refractivity contribution in [3.05, 3.63) is 46.8 Å². The van der Waals surface area contributed by atoms with Crippen molar-refractivity contribution in [3.63, 3.8) is 0 Å². The van der Waals surface area contributed by atoms with Gasteiger partial charge in [0.05, 0.1) is 12.8 Å². The number of methoxy groups -OCH3 is 1. The summed E-state index contributed by atoms with van der Waals surface area (Å²) in [5.41, 5.74) is 4.82. The Morgan fingerprint density at radius 3 is 2.70 bits per heavy atom. The second-order valence-corrected chi connectivity index (χ2v) is 7.26. The Morgan fingerprint density at radius 2 is 2.07 bits per heavy atom. The van der Waals surface area contributed by atoms with Gasteiger partial charge in [-0.3, -0.25) is 9.67 Å². The molecule has 0 bridgehead atoms. The highest BCUT2D eigenvalue weighted by atomic mass is 16.5. The quantitative estimate of drug-likeness (QED) is 0.600. The second-order valence-electron chi connectivity index (χ2n) is 7.26. The van der Waals surface area contributed by atoms with Gasteiger partial charge in [-0.2, -0.15) is 5.10 Å². The van der Waals surface area contributed by atoms with Crippen LogP contribution in [0, 0.1) is 6.92 Å². The average Bonchev–Trinajstić information content (AvgIpc) is 2.99. The standard InChI is InChI=1S/C21H33N5O/c1-15(2)20-18(14-26(6)24-20)13-25(5)21(22-4)23-11-10-17-12-16(3)8-9-19(17)27-7/h8-9,12,14-15H,10-11,13H2,1-7H3,(H,22,23). The van der Waals surface area contributed by atoms with E-state index in [1.54, 1.807) is 7.11 Å². The lowest BCUT2D eigenvalue weighted by Gasteiger charge is -2.22. The highest BCUT2D eigenvalue weighted by Crippen LogP contribution is 2.20. The van der Waals surface area contributed by atoms with Gasteiger partial charge in [0.25, 0.3) is 0 Å². The minimum Gasteiger partial charge on any atom is -0.496 e. The van der Waals surface area contributed by atoms with Gasteiger partial charge in [0.15, 0.2) is 5.96 Å². The maximum Gasteiger partial charge on any atom is 0.193 e. The van der Waals surface area contributed by atoms with E-state index in [-0.39, 0.29) is 0 Å². The summed E-state index contributed by atoms with van der Waals surface area (Å²) in [5.74, 6) is 2.21. The number of hydrogen-bond donors (Lipinski definition) is 1. The first-order chi connectivity index (χ1) is 12.8. The molecule has 0 saturated heterocycles. The van der Waals surface area contributed by atoms with E-state index in [1.165, 1.54) is 16.7 Å². The molecule has 1 N–H and O–H groups in total. The van der Waals surface area contributed by atoms with Gasteiger partial charge in [-0.25, -0.2) is 0 Å². The van der Waals surface area contributed by atoms with Crippen LogP contribution in [0.3, 0.4) is 0 Å². The number of aliphatic imine (C=N–C) groups is 1. The van der Waals surface area contributed by atoms with E-state index in [0.29, 0.717) is 5.92 Å². The minimum atomic E-state index is 0.401.